The number of nitrogens with one attached hydrogen (secondary N) is 1. The zero-order valence-electron chi connectivity index (χ0n) is 11.7. The van der Waals surface area contributed by atoms with Gasteiger partial charge < -0.3 is 10.2 Å². The maximum absolute atomic E-state index is 13.9. The van der Waals surface area contributed by atoms with E-state index in [9.17, 15) is 13.6 Å². The maximum atomic E-state index is 13.9. The van der Waals surface area contributed by atoms with Crippen LogP contribution in [0.3, 0.4) is 0 Å². The molecule has 3 nitrogen and oxygen atoms in total. The number of fused-ring (bicyclic) bond motifs is 2. The Morgan fingerprint density at radius 3 is 2.48 bits per heavy atom. The molecular weight excluding hydrogens is 298 g/mol. The molecule has 0 saturated carbocycles. The lowest BCUT2D eigenvalue weighted by molar-refractivity contribution is 0.0676. The molecule has 1 amide bonds. The average Bonchev–Trinajstić information content (AvgIpc) is 2.79. The highest BCUT2D eigenvalue weighted by Crippen LogP contribution is 2.30. The van der Waals surface area contributed by atoms with Gasteiger partial charge in [-0.2, -0.15) is 0 Å². The van der Waals surface area contributed by atoms with Crippen molar-refractivity contribution in [1.82, 2.24) is 10.2 Å². The summed E-state index contributed by atoms with van der Waals surface area (Å²) in [6.07, 6.45) is 3.95. The van der Waals surface area contributed by atoms with Gasteiger partial charge in [-0.15, -0.1) is 0 Å². The lowest BCUT2D eigenvalue weighted by Crippen LogP contribution is -2.48. The molecule has 2 atom stereocenters. The van der Waals surface area contributed by atoms with E-state index in [1.165, 1.54) is 4.90 Å². The predicted octanol–water partition coefficient (Wildman–Crippen LogP) is 2.97. The monoisotopic (exact) mass is 314 g/mol. The molecule has 1 aromatic carbocycles. The fourth-order valence-electron chi connectivity index (χ4n) is 3.39. The zero-order valence-corrected chi connectivity index (χ0v) is 12.5. The van der Waals surface area contributed by atoms with E-state index in [0.717, 1.165) is 37.8 Å². The van der Waals surface area contributed by atoms with Gasteiger partial charge in [0.2, 0.25) is 0 Å². The van der Waals surface area contributed by atoms with E-state index in [-0.39, 0.29) is 16.6 Å². The molecule has 0 spiro atoms. The fraction of sp³-hybridized carbons (Fsp3) is 0.533. The van der Waals surface area contributed by atoms with Crippen molar-refractivity contribution in [3.63, 3.8) is 0 Å². The standard InChI is InChI=1S/C15H17ClF2N2O/c1-20(10-4-8-2-3-9(5-10)19-8)15(21)11-6-14(18)12(16)7-13(11)17/h6-10,19H,2-5H2,1H3. The Morgan fingerprint density at radius 2 is 1.86 bits per heavy atom. The lowest BCUT2D eigenvalue weighted by atomic mass is 9.98. The third kappa shape index (κ3) is 2.77. The summed E-state index contributed by atoms with van der Waals surface area (Å²) in [6.45, 7) is 0. The second-order valence-corrected chi connectivity index (χ2v) is 6.33. The molecule has 114 valence electrons. The van der Waals surface area contributed by atoms with Gasteiger partial charge in [-0.3, -0.25) is 4.79 Å². The van der Waals surface area contributed by atoms with Crippen molar-refractivity contribution < 1.29 is 13.6 Å². The van der Waals surface area contributed by atoms with Crippen LogP contribution in [0, 0.1) is 11.6 Å². The Bertz CT molecular complexity index is 569. The van der Waals surface area contributed by atoms with Crippen molar-refractivity contribution >= 4 is 17.5 Å². The molecule has 2 aliphatic heterocycles. The SMILES string of the molecule is CN(C(=O)c1cc(F)c(Cl)cc1F)C1CC2CCC(C1)N2. The number of halogens is 3. The summed E-state index contributed by atoms with van der Waals surface area (Å²) in [5.74, 6) is -2.05. The van der Waals surface area contributed by atoms with Crippen molar-refractivity contribution in [2.24, 2.45) is 0 Å². The number of hydrogen-bond acceptors (Lipinski definition) is 2. The molecule has 3 rings (SSSR count). The van der Waals surface area contributed by atoms with Crippen LogP contribution < -0.4 is 5.32 Å². The van der Waals surface area contributed by atoms with Crippen LogP contribution in [-0.4, -0.2) is 36.0 Å². The van der Waals surface area contributed by atoms with Gasteiger partial charge in [0.1, 0.15) is 11.6 Å². The minimum absolute atomic E-state index is 0.0642. The predicted molar refractivity (Wildman–Crippen MR) is 76.4 cm³/mol. The summed E-state index contributed by atoms with van der Waals surface area (Å²) in [6, 6.07) is 2.65. The molecule has 21 heavy (non-hydrogen) atoms. The Balaban J connectivity index is 1.80. The summed E-state index contributed by atoms with van der Waals surface area (Å²) in [7, 11) is 1.66. The largest absolute Gasteiger partial charge is 0.339 e. The van der Waals surface area contributed by atoms with Gasteiger partial charge in [-0.25, -0.2) is 8.78 Å². The van der Waals surface area contributed by atoms with Crippen LogP contribution in [0.25, 0.3) is 0 Å². The normalized spacial score (nSPS) is 27.7. The third-order valence-corrected chi connectivity index (χ3v) is 4.85. The molecule has 0 aliphatic carbocycles. The first-order chi connectivity index (χ1) is 9.95. The van der Waals surface area contributed by atoms with Gasteiger partial charge >= 0.3 is 0 Å². The van der Waals surface area contributed by atoms with E-state index in [1.807, 2.05) is 0 Å². The highest BCUT2D eigenvalue weighted by Gasteiger charge is 2.37. The highest BCUT2D eigenvalue weighted by molar-refractivity contribution is 6.30. The fourth-order valence-corrected chi connectivity index (χ4v) is 3.54. The minimum atomic E-state index is -0.782. The first-order valence-electron chi connectivity index (χ1n) is 7.13. The zero-order chi connectivity index (χ0) is 15.1. The topological polar surface area (TPSA) is 32.3 Å². The Hall–Kier alpha value is -1.20. The van der Waals surface area contributed by atoms with E-state index >= 15 is 0 Å². The number of benzene rings is 1. The molecule has 2 unspecified atom stereocenters. The third-order valence-electron chi connectivity index (χ3n) is 4.56. The van der Waals surface area contributed by atoms with Crippen LogP contribution in [0.2, 0.25) is 5.02 Å². The number of carbonyl (C=O) groups is 1. The first-order valence-corrected chi connectivity index (χ1v) is 7.51. The number of amides is 1. The molecule has 6 heteroatoms. The second-order valence-electron chi connectivity index (χ2n) is 5.93. The van der Waals surface area contributed by atoms with E-state index in [1.54, 1.807) is 7.05 Å². The van der Waals surface area contributed by atoms with E-state index < -0.39 is 17.5 Å². The van der Waals surface area contributed by atoms with E-state index in [4.69, 9.17) is 11.6 Å². The summed E-state index contributed by atoms with van der Waals surface area (Å²) < 4.78 is 27.3. The van der Waals surface area contributed by atoms with E-state index in [2.05, 4.69) is 5.32 Å². The molecule has 2 heterocycles. The molecular formula is C15H17ClF2N2O. The van der Waals surface area contributed by atoms with Crippen LogP contribution in [0.1, 0.15) is 36.0 Å². The maximum Gasteiger partial charge on any atom is 0.256 e. The number of nitrogens with zero attached hydrogens (tertiary/aromatic N) is 1. The smallest absolute Gasteiger partial charge is 0.256 e. The number of hydrogen-bond donors (Lipinski definition) is 1. The van der Waals surface area contributed by atoms with Crippen LogP contribution in [0.4, 0.5) is 8.78 Å². The molecule has 2 aliphatic rings. The lowest BCUT2D eigenvalue weighted by Gasteiger charge is -2.35. The molecule has 0 aromatic heterocycles. The van der Waals surface area contributed by atoms with Crippen molar-refractivity contribution in [1.29, 1.82) is 0 Å². The molecule has 1 N–H and O–H groups in total. The van der Waals surface area contributed by atoms with Gasteiger partial charge in [0.15, 0.2) is 0 Å². The van der Waals surface area contributed by atoms with Crippen LogP contribution >= 0.6 is 11.6 Å². The van der Waals surface area contributed by atoms with Crippen LogP contribution in [0.5, 0.6) is 0 Å². The number of piperidine rings is 1. The van der Waals surface area contributed by atoms with Gasteiger partial charge in [0.25, 0.3) is 5.91 Å². The summed E-state index contributed by atoms with van der Waals surface area (Å²) >= 11 is 5.52. The van der Waals surface area contributed by atoms with Crippen molar-refractivity contribution in [2.45, 2.75) is 43.8 Å². The number of rotatable bonds is 2. The van der Waals surface area contributed by atoms with Gasteiger partial charge in [-0.1, -0.05) is 11.6 Å². The quantitative estimate of drug-likeness (QED) is 0.851. The van der Waals surface area contributed by atoms with Gasteiger partial charge in [0.05, 0.1) is 10.6 Å². The van der Waals surface area contributed by atoms with Crippen molar-refractivity contribution in [2.75, 3.05) is 7.05 Å². The summed E-state index contributed by atoms with van der Waals surface area (Å²) in [5, 5.41) is 3.18. The molecule has 2 bridgehead atoms. The second kappa shape index (κ2) is 5.54. The highest BCUT2D eigenvalue weighted by atomic mass is 35.5. The Kier molecular flexibility index (Phi) is 3.88. The van der Waals surface area contributed by atoms with Crippen molar-refractivity contribution in [3.05, 3.63) is 34.4 Å². The molecule has 0 radical (unpaired) electrons. The Morgan fingerprint density at radius 1 is 1.24 bits per heavy atom. The minimum Gasteiger partial charge on any atom is -0.339 e. The van der Waals surface area contributed by atoms with Crippen LogP contribution in [0.15, 0.2) is 12.1 Å². The van der Waals surface area contributed by atoms with Crippen molar-refractivity contribution in [3.8, 4) is 0 Å². The summed E-state index contributed by atoms with van der Waals surface area (Å²) in [5.41, 5.74) is -0.259. The van der Waals surface area contributed by atoms with Gasteiger partial charge in [-0.05, 0) is 37.8 Å². The molecule has 2 fully saturated rings. The molecule has 2 saturated heterocycles. The van der Waals surface area contributed by atoms with Crippen LogP contribution in [-0.2, 0) is 0 Å². The molecule has 1 aromatic rings. The summed E-state index contributed by atoms with van der Waals surface area (Å²) in [4.78, 5) is 14.0. The Labute approximate surface area is 127 Å². The van der Waals surface area contributed by atoms with Gasteiger partial charge in [0, 0.05) is 25.2 Å². The number of carbonyl (C=O) groups excluding carboxylic acids is 1. The average molecular weight is 315 g/mol. The first kappa shape index (κ1) is 14.7. The van der Waals surface area contributed by atoms with E-state index in [0.29, 0.717) is 12.1 Å².